The Kier molecular flexibility index (Phi) is 6.54. The van der Waals surface area contributed by atoms with Crippen LogP contribution in [0.2, 0.25) is 0 Å². The summed E-state index contributed by atoms with van der Waals surface area (Å²) in [4.78, 5) is 11.7. The van der Waals surface area contributed by atoms with Gasteiger partial charge < -0.3 is 9.47 Å². The minimum absolute atomic E-state index is 0.00161. The molecule has 0 aromatic heterocycles. The van der Waals surface area contributed by atoms with Crippen LogP contribution in [0.1, 0.15) is 19.4 Å². The average Bonchev–Trinajstić information content (AvgIpc) is 2.45. The molecule has 0 aliphatic rings. The van der Waals surface area contributed by atoms with Crippen molar-refractivity contribution in [2.45, 2.75) is 26.4 Å². The van der Waals surface area contributed by atoms with Crippen LogP contribution in [0.25, 0.3) is 0 Å². The molecule has 1 rings (SSSR count). The van der Waals surface area contributed by atoms with Crippen LogP contribution in [0, 0.1) is 17.2 Å². The molecular formula is C15H20N2O3. The van der Waals surface area contributed by atoms with Crippen LogP contribution in [-0.4, -0.2) is 25.7 Å². The molecule has 0 aliphatic carbocycles. The molecule has 0 spiro atoms. The first-order valence-corrected chi connectivity index (χ1v) is 6.49. The number of carbonyl (C=O) groups is 1. The molecule has 0 bridgehead atoms. The topological polar surface area (TPSA) is 71.3 Å². The molecule has 0 amide bonds. The number of hydrogen-bond donors (Lipinski definition) is 1. The lowest BCUT2D eigenvalue weighted by Gasteiger charge is -2.20. The van der Waals surface area contributed by atoms with Gasteiger partial charge in [-0.2, -0.15) is 5.26 Å². The number of nitrogens with one attached hydrogen (secondary N) is 1. The van der Waals surface area contributed by atoms with Crippen LogP contribution in [0.4, 0.5) is 0 Å². The molecule has 5 heteroatoms. The van der Waals surface area contributed by atoms with Crippen molar-refractivity contribution >= 4 is 5.97 Å². The highest BCUT2D eigenvalue weighted by Crippen LogP contribution is 2.18. The molecule has 0 saturated carbocycles. The van der Waals surface area contributed by atoms with Gasteiger partial charge in [0.25, 0.3) is 0 Å². The van der Waals surface area contributed by atoms with E-state index in [2.05, 4.69) is 5.32 Å². The second kappa shape index (κ2) is 8.18. The van der Waals surface area contributed by atoms with Crippen LogP contribution >= 0.6 is 0 Å². The van der Waals surface area contributed by atoms with Crippen molar-refractivity contribution in [3.8, 4) is 11.8 Å². The maximum absolute atomic E-state index is 11.7. The van der Waals surface area contributed by atoms with Gasteiger partial charge in [0.1, 0.15) is 17.9 Å². The summed E-state index contributed by atoms with van der Waals surface area (Å²) in [6, 6.07) is 9.00. The Hall–Kier alpha value is -2.06. The molecule has 0 saturated heterocycles. The number of hydrogen-bond acceptors (Lipinski definition) is 5. The molecule has 1 N–H and O–H groups in total. The maximum Gasteiger partial charge on any atom is 0.323 e. The highest BCUT2D eigenvalue weighted by molar-refractivity contribution is 5.75. The largest absolute Gasteiger partial charge is 0.478 e. The van der Waals surface area contributed by atoms with E-state index in [1.54, 1.807) is 6.07 Å². The van der Waals surface area contributed by atoms with Crippen molar-refractivity contribution in [1.82, 2.24) is 5.32 Å². The van der Waals surface area contributed by atoms with Gasteiger partial charge in [-0.15, -0.1) is 0 Å². The van der Waals surface area contributed by atoms with E-state index in [0.29, 0.717) is 12.3 Å². The molecule has 1 aromatic carbocycles. The maximum atomic E-state index is 11.7. The van der Waals surface area contributed by atoms with Gasteiger partial charge >= 0.3 is 5.97 Å². The van der Waals surface area contributed by atoms with E-state index in [4.69, 9.17) is 14.7 Å². The van der Waals surface area contributed by atoms with Crippen molar-refractivity contribution in [2.24, 2.45) is 5.92 Å². The summed E-state index contributed by atoms with van der Waals surface area (Å²) in [6.07, 6.45) is 0. The average molecular weight is 276 g/mol. The monoisotopic (exact) mass is 276 g/mol. The van der Waals surface area contributed by atoms with E-state index in [1.807, 2.05) is 38.1 Å². The summed E-state index contributed by atoms with van der Waals surface area (Å²) >= 11 is 0. The summed E-state index contributed by atoms with van der Waals surface area (Å²) in [7, 11) is 1.38. The molecular weight excluding hydrogens is 256 g/mol. The fourth-order valence-electron chi connectivity index (χ4n) is 1.84. The van der Waals surface area contributed by atoms with Gasteiger partial charge in [-0.05, 0) is 12.0 Å². The summed E-state index contributed by atoms with van der Waals surface area (Å²) < 4.78 is 10.1. The number of methoxy groups -OCH3 is 1. The lowest BCUT2D eigenvalue weighted by molar-refractivity contribution is -0.144. The first kappa shape index (κ1) is 16.0. The molecule has 1 aromatic rings. The van der Waals surface area contributed by atoms with Gasteiger partial charge in [-0.3, -0.25) is 10.1 Å². The molecule has 0 aliphatic heterocycles. The van der Waals surface area contributed by atoms with Gasteiger partial charge in [0.15, 0.2) is 6.61 Å². The smallest absolute Gasteiger partial charge is 0.323 e. The van der Waals surface area contributed by atoms with E-state index in [1.165, 1.54) is 7.11 Å². The highest BCUT2D eigenvalue weighted by atomic mass is 16.5. The van der Waals surface area contributed by atoms with E-state index >= 15 is 0 Å². The van der Waals surface area contributed by atoms with Crippen LogP contribution in [0.15, 0.2) is 24.3 Å². The standard InChI is InChI=1S/C15H20N2O3/c1-11(2)14(15(18)19-3)17-10-12-6-4-5-7-13(12)20-9-8-16/h4-7,11,14,17H,9-10H2,1-3H3/t14-/m0/s1. The van der Waals surface area contributed by atoms with Gasteiger partial charge in [0.2, 0.25) is 0 Å². The van der Waals surface area contributed by atoms with Crippen molar-refractivity contribution in [2.75, 3.05) is 13.7 Å². The molecule has 0 heterocycles. The quantitative estimate of drug-likeness (QED) is 0.770. The van der Waals surface area contributed by atoms with E-state index in [9.17, 15) is 4.79 Å². The van der Waals surface area contributed by atoms with E-state index in [-0.39, 0.29) is 24.5 Å². The number of benzene rings is 1. The lowest BCUT2D eigenvalue weighted by atomic mass is 10.0. The zero-order valence-corrected chi connectivity index (χ0v) is 12.1. The van der Waals surface area contributed by atoms with Crippen LogP contribution in [0.5, 0.6) is 5.75 Å². The number of nitrogens with zero attached hydrogens (tertiary/aromatic N) is 1. The first-order chi connectivity index (χ1) is 9.60. The number of esters is 1. The van der Waals surface area contributed by atoms with Crippen LogP contribution < -0.4 is 10.1 Å². The molecule has 108 valence electrons. The molecule has 0 fully saturated rings. The van der Waals surface area contributed by atoms with E-state index in [0.717, 1.165) is 5.56 Å². The Balaban J connectivity index is 2.73. The van der Waals surface area contributed by atoms with Gasteiger partial charge in [0.05, 0.1) is 7.11 Å². The van der Waals surface area contributed by atoms with Crippen LogP contribution in [-0.2, 0) is 16.1 Å². The summed E-state index contributed by atoms with van der Waals surface area (Å²) in [5.74, 6) is 0.485. The Morgan fingerprint density at radius 3 is 2.70 bits per heavy atom. The predicted molar refractivity (Wildman–Crippen MR) is 75.0 cm³/mol. The summed E-state index contributed by atoms with van der Waals surface area (Å²) in [6.45, 7) is 4.38. The number of nitriles is 1. The third-order valence-corrected chi connectivity index (χ3v) is 2.90. The first-order valence-electron chi connectivity index (χ1n) is 6.49. The van der Waals surface area contributed by atoms with Crippen molar-refractivity contribution in [1.29, 1.82) is 5.26 Å². The molecule has 5 nitrogen and oxygen atoms in total. The second-order valence-corrected chi connectivity index (χ2v) is 4.68. The number of rotatable bonds is 7. The fourth-order valence-corrected chi connectivity index (χ4v) is 1.84. The molecule has 20 heavy (non-hydrogen) atoms. The Labute approximate surface area is 119 Å². The minimum Gasteiger partial charge on any atom is -0.478 e. The third-order valence-electron chi connectivity index (χ3n) is 2.90. The summed E-state index contributed by atoms with van der Waals surface area (Å²) in [5.41, 5.74) is 0.900. The van der Waals surface area contributed by atoms with Crippen LogP contribution in [0.3, 0.4) is 0 Å². The molecule has 1 atom stereocenters. The molecule has 0 radical (unpaired) electrons. The zero-order valence-electron chi connectivity index (χ0n) is 12.1. The van der Waals surface area contributed by atoms with Gasteiger partial charge in [-0.1, -0.05) is 32.0 Å². The van der Waals surface area contributed by atoms with Gasteiger partial charge in [0, 0.05) is 12.1 Å². The summed E-state index contributed by atoms with van der Waals surface area (Å²) in [5, 5.41) is 11.7. The molecule has 0 unspecified atom stereocenters. The van der Waals surface area contributed by atoms with Gasteiger partial charge in [-0.25, -0.2) is 0 Å². The highest BCUT2D eigenvalue weighted by Gasteiger charge is 2.22. The zero-order chi connectivity index (χ0) is 15.0. The predicted octanol–water partition coefficient (Wildman–Crippen LogP) is 1.88. The number of ether oxygens (including phenoxy) is 2. The fraction of sp³-hybridized carbons (Fsp3) is 0.467. The normalized spacial score (nSPS) is 11.8. The Morgan fingerprint density at radius 1 is 1.40 bits per heavy atom. The van der Waals surface area contributed by atoms with E-state index < -0.39 is 0 Å². The van der Waals surface area contributed by atoms with Crippen molar-refractivity contribution in [3.63, 3.8) is 0 Å². The minimum atomic E-state index is -0.371. The second-order valence-electron chi connectivity index (χ2n) is 4.68. The Morgan fingerprint density at radius 2 is 2.10 bits per heavy atom. The lowest BCUT2D eigenvalue weighted by Crippen LogP contribution is -2.41. The third kappa shape index (κ3) is 4.56. The van der Waals surface area contributed by atoms with Crippen molar-refractivity contribution < 1.29 is 14.3 Å². The number of carbonyl (C=O) groups excluding carboxylic acids is 1. The number of para-hydroxylation sites is 1. The van der Waals surface area contributed by atoms with Crippen molar-refractivity contribution in [3.05, 3.63) is 29.8 Å². The Bertz CT molecular complexity index is 480. The SMILES string of the molecule is COC(=O)[C@@H](NCc1ccccc1OCC#N)C(C)C.